The second kappa shape index (κ2) is 13.5. The van der Waals surface area contributed by atoms with E-state index in [0.717, 1.165) is 50.4 Å². The van der Waals surface area contributed by atoms with E-state index >= 15 is 0 Å². The summed E-state index contributed by atoms with van der Waals surface area (Å²) in [4.78, 5) is 26.8. The Balaban J connectivity index is 1.39. The van der Waals surface area contributed by atoms with Gasteiger partial charge in [0.15, 0.2) is 0 Å². The van der Waals surface area contributed by atoms with Crippen LogP contribution in [-0.4, -0.2) is 69.5 Å². The lowest BCUT2D eigenvalue weighted by Crippen LogP contribution is -2.57. The third kappa shape index (κ3) is 7.26. The summed E-state index contributed by atoms with van der Waals surface area (Å²) in [5, 5.41) is 10.2. The third-order valence-corrected chi connectivity index (χ3v) is 8.29. The molecule has 0 unspecified atom stereocenters. The van der Waals surface area contributed by atoms with Crippen LogP contribution in [0, 0.1) is 17.8 Å². The van der Waals surface area contributed by atoms with Gasteiger partial charge in [0.2, 0.25) is 0 Å². The molecule has 36 heavy (non-hydrogen) atoms. The lowest BCUT2D eigenvalue weighted by molar-refractivity contribution is -0.00883. The topological polar surface area (TPSA) is 91.9 Å². The molecule has 0 bridgehead atoms. The van der Waals surface area contributed by atoms with Crippen LogP contribution in [0.15, 0.2) is 24.3 Å². The second-order valence-corrected chi connectivity index (χ2v) is 10.8. The predicted octanol–water partition coefficient (Wildman–Crippen LogP) is 4.34. The molecule has 1 saturated carbocycles. The molecule has 8 nitrogen and oxygen atoms in total. The highest BCUT2D eigenvalue weighted by Crippen LogP contribution is 2.37. The highest BCUT2D eigenvalue weighted by molar-refractivity contribution is 6.30. The van der Waals surface area contributed by atoms with E-state index in [2.05, 4.69) is 20.7 Å². The van der Waals surface area contributed by atoms with Gasteiger partial charge in [0, 0.05) is 43.2 Å². The number of piperidine rings is 2. The molecule has 2 heterocycles. The van der Waals surface area contributed by atoms with E-state index in [-0.39, 0.29) is 24.1 Å². The van der Waals surface area contributed by atoms with Gasteiger partial charge in [-0.15, -0.1) is 0 Å². The Morgan fingerprint density at radius 2 is 2.03 bits per heavy atom. The summed E-state index contributed by atoms with van der Waals surface area (Å²) in [6.07, 6.45) is 7.57. The van der Waals surface area contributed by atoms with Gasteiger partial charge in [0.05, 0.1) is 19.8 Å². The predicted molar refractivity (Wildman–Crippen MR) is 140 cm³/mol. The molecule has 4 rings (SSSR count). The van der Waals surface area contributed by atoms with Crippen molar-refractivity contribution in [2.24, 2.45) is 17.8 Å². The van der Waals surface area contributed by atoms with E-state index in [1.807, 2.05) is 29.2 Å². The summed E-state index contributed by atoms with van der Waals surface area (Å²) in [5.74, 6) is 1.45. The largest absolute Gasteiger partial charge is 0.453 e. The van der Waals surface area contributed by atoms with Gasteiger partial charge in [-0.2, -0.15) is 0 Å². The molecule has 9 heteroatoms. The van der Waals surface area contributed by atoms with E-state index in [9.17, 15) is 9.59 Å². The van der Waals surface area contributed by atoms with Gasteiger partial charge in [-0.05, 0) is 55.3 Å². The van der Waals surface area contributed by atoms with Crippen LogP contribution < -0.4 is 16.0 Å². The maximum atomic E-state index is 13.4. The van der Waals surface area contributed by atoms with Gasteiger partial charge < -0.3 is 30.3 Å². The zero-order chi connectivity index (χ0) is 25.3. The number of halogens is 1. The lowest BCUT2D eigenvalue weighted by Gasteiger charge is -2.40. The normalized spacial score (nSPS) is 25.8. The Morgan fingerprint density at radius 3 is 2.81 bits per heavy atom. The highest BCUT2D eigenvalue weighted by atomic mass is 35.5. The van der Waals surface area contributed by atoms with Crippen molar-refractivity contribution >= 4 is 23.7 Å². The standard InChI is InChI=1S/C27H41ClN4O4/c1-35-27(34)30-13-15-36-25(20-8-4-10-22(28)16-20)21-9-5-14-32(18-21)26(33)31-24-17-29-12-11-23(24)19-6-2-3-7-19/h4,8,10,16,19,21,23-25,29H,2-3,5-7,9,11-15,17-18H2,1H3,(H,30,34)(H,31,33)/t21-,23-,24+,25+/m1/s1. The van der Waals surface area contributed by atoms with Gasteiger partial charge in [-0.1, -0.05) is 49.4 Å². The minimum Gasteiger partial charge on any atom is -0.453 e. The summed E-state index contributed by atoms with van der Waals surface area (Å²) >= 11 is 6.30. The van der Waals surface area contributed by atoms with Gasteiger partial charge in [0.1, 0.15) is 0 Å². The Labute approximate surface area is 219 Å². The zero-order valence-electron chi connectivity index (χ0n) is 21.3. The number of ether oxygens (including phenoxy) is 2. The molecule has 0 spiro atoms. The van der Waals surface area contributed by atoms with E-state index in [4.69, 9.17) is 16.3 Å². The average molecular weight is 521 g/mol. The Kier molecular flexibility index (Phi) is 10.1. The van der Waals surface area contributed by atoms with Crippen molar-refractivity contribution in [3.63, 3.8) is 0 Å². The lowest BCUT2D eigenvalue weighted by atomic mass is 9.80. The highest BCUT2D eigenvalue weighted by Gasteiger charge is 2.36. The first-order chi connectivity index (χ1) is 17.5. The fourth-order valence-corrected chi connectivity index (χ4v) is 6.48. The van der Waals surface area contributed by atoms with E-state index in [1.165, 1.54) is 32.8 Å². The van der Waals surface area contributed by atoms with Crippen molar-refractivity contribution in [3.8, 4) is 0 Å². The molecule has 0 aromatic heterocycles. The van der Waals surface area contributed by atoms with E-state index in [1.54, 1.807) is 0 Å². The fourth-order valence-electron chi connectivity index (χ4n) is 6.28. The molecular formula is C27H41ClN4O4. The number of nitrogens with zero attached hydrogens (tertiary/aromatic N) is 1. The molecule has 2 saturated heterocycles. The Hall–Kier alpha value is -2.03. The molecule has 3 N–H and O–H groups in total. The van der Waals surface area contributed by atoms with Crippen molar-refractivity contribution in [3.05, 3.63) is 34.9 Å². The zero-order valence-corrected chi connectivity index (χ0v) is 22.1. The smallest absolute Gasteiger partial charge is 0.406 e. The van der Waals surface area contributed by atoms with Crippen LogP contribution in [0.25, 0.3) is 0 Å². The van der Waals surface area contributed by atoms with Gasteiger partial charge >= 0.3 is 12.1 Å². The van der Waals surface area contributed by atoms with Crippen molar-refractivity contribution in [2.45, 2.75) is 57.1 Å². The number of nitrogens with one attached hydrogen (secondary N) is 3. The van der Waals surface area contributed by atoms with Crippen LogP contribution in [0.1, 0.15) is 56.6 Å². The fraction of sp³-hybridized carbons (Fsp3) is 0.704. The van der Waals surface area contributed by atoms with Crippen LogP contribution in [-0.2, 0) is 9.47 Å². The molecular weight excluding hydrogens is 480 g/mol. The molecule has 3 amide bonds. The second-order valence-electron chi connectivity index (χ2n) is 10.4. The minimum absolute atomic E-state index is 0.0357. The van der Waals surface area contributed by atoms with Crippen molar-refractivity contribution in [2.75, 3.05) is 46.4 Å². The van der Waals surface area contributed by atoms with Crippen LogP contribution >= 0.6 is 11.6 Å². The molecule has 0 radical (unpaired) electrons. The molecule has 1 aliphatic carbocycles. The van der Waals surface area contributed by atoms with E-state index in [0.29, 0.717) is 30.6 Å². The van der Waals surface area contributed by atoms with Gasteiger partial charge in [-0.25, -0.2) is 9.59 Å². The minimum atomic E-state index is -0.480. The quantitative estimate of drug-likeness (QED) is 0.443. The number of methoxy groups -OCH3 is 1. The number of carbonyl (C=O) groups is 2. The summed E-state index contributed by atoms with van der Waals surface area (Å²) in [5.41, 5.74) is 0.991. The van der Waals surface area contributed by atoms with Gasteiger partial charge in [-0.3, -0.25) is 0 Å². The van der Waals surface area contributed by atoms with Crippen LogP contribution in [0.3, 0.4) is 0 Å². The van der Waals surface area contributed by atoms with Crippen molar-refractivity contribution in [1.82, 2.24) is 20.9 Å². The maximum Gasteiger partial charge on any atom is 0.406 e. The molecule has 2 aliphatic heterocycles. The number of alkyl carbamates (subject to hydrolysis) is 1. The first-order valence-corrected chi connectivity index (χ1v) is 13.9. The van der Waals surface area contributed by atoms with Crippen LogP contribution in [0.5, 0.6) is 0 Å². The number of hydrogen-bond acceptors (Lipinski definition) is 5. The number of likely N-dealkylation sites (tertiary alicyclic amines) is 1. The molecule has 4 atom stereocenters. The average Bonchev–Trinajstić information content (AvgIpc) is 3.44. The number of rotatable bonds is 8. The molecule has 1 aromatic rings. The van der Waals surface area contributed by atoms with E-state index < -0.39 is 6.09 Å². The number of hydrogen-bond donors (Lipinski definition) is 3. The van der Waals surface area contributed by atoms with Crippen LogP contribution in [0.2, 0.25) is 5.02 Å². The number of amides is 3. The molecule has 1 aromatic carbocycles. The first kappa shape index (κ1) is 27.0. The van der Waals surface area contributed by atoms with Crippen LogP contribution in [0.4, 0.5) is 9.59 Å². The summed E-state index contributed by atoms with van der Waals surface area (Å²) in [6.45, 7) is 3.96. The van der Waals surface area contributed by atoms with Gasteiger partial charge in [0.25, 0.3) is 0 Å². The maximum absolute atomic E-state index is 13.4. The van der Waals surface area contributed by atoms with Crippen molar-refractivity contribution < 1.29 is 19.1 Å². The summed E-state index contributed by atoms with van der Waals surface area (Å²) in [6, 6.07) is 7.95. The summed E-state index contributed by atoms with van der Waals surface area (Å²) in [7, 11) is 1.34. The third-order valence-electron chi connectivity index (χ3n) is 8.05. The number of urea groups is 1. The number of benzene rings is 1. The SMILES string of the molecule is COC(=O)NCCO[C@@H](c1cccc(Cl)c1)[C@@H]1CCCN(C(=O)N[C@H]2CNCC[C@@H]2C2CCCC2)C1. The van der Waals surface area contributed by atoms with Crippen molar-refractivity contribution in [1.29, 1.82) is 0 Å². The Bertz CT molecular complexity index is 866. The molecule has 3 aliphatic rings. The molecule has 200 valence electrons. The molecule has 3 fully saturated rings. The summed E-state index contributed by atoms with van der Waals surface area (Å²) < 4.78 is 10.9. The number of carbonyl (C=O) groups excluding carboxylic acids is 2. The monoisotopic (exact) mass is 520 g/mol. The first-order valence-electron chi connectivity index (χ1n) is 13.5. The Morgan fingerprint density at radius 1 is 1.19 bits per heavy atom.